The van der Waals surface area contributed by atoms with Crippen LogP contribution in [0.4, 0.5) is 0 Å². The van der Waals surface area contributed by atoms with Gasteiger partial charge < -0.3 is 24.2 Å². The third kappa shape index (κ3) is 2.71. The molecular formula is C17H15N3O5. The molecule has 0 saturated heterocycles. The fraction of sp³-hybridized carbons (Fsp3) is 0.235. The number of fused-ring (bicyclic) bond motifs is 2. The largest absolute Gasteiger partial charge is 0.454 e. The van der Waals surface area contributed by atoms with Crippen molar-refractivity contribution in [1.82, 2.24) is 15.3 Å². The maximum Gasteiger partial charge on any atom is 0.262 e. The van der Waals surface area contributed by atoms with Crippen LogP contribution in [0.25, 0.3) is 11.1 Å². The predicted molar refractivity (Wildman–Crippen MR) is 88.0 cm³/mol. The zero-order chi connectivity index (χ0) is 17.4. The molecule has 4 rings (SSSR count). The summed E-state index contributed by atoms with van der Waals surface area (Å²) in [7, 11) is 0. The van der Waals surface area contributed by atoms with Crippen molar-refractivity contribution in [3.63, 3.8) is 0 Å². The van der Waals surface area contributed by atoms with Crippen molar-refractivity contribution in [3.8, 4) is 11.5 Å². The first kappa shape index (κ1) is 15.3. The smallest absolute Gasteiger partial charge is 0.262 e. The van der Waals surface area contributed by atoms with Crippen LogP contribution < -0.4 is 20.3 Å². The third-order valence-electron chi connectivity index (χ3n) is 4.03. The van der Waals surface area contributed by atoms with Gasteiger partial charge in [-0.2, -0.15) is 0 Å². The fourth-order valence-corrected chi connectivity index (χ4v) is 2.83. The summed E-state index contributed by atoms with van der Waals surface area (Å²) in [6.45, 7) is 2.27. The van der Waals surface area contributed by atoms with Gasteiger partial charge in [0.1, 0.15) is 11.1 Å². The van der Waals surface area contributed by atoms with Gasteiger partial charge in [0.15, 0.2) is 11.5 Å². The second-order valence-corrected chi connectivity index (χ2v) is 5.64. The van der Waals surface area contributed by atoms with Crippen LogP contribution in [-0.2, 0) is 6.42 Å². The van der Waals surface area contributed by atoms with E-state index in [0.717, 1.165) is 11.3 Å². The zero-order valence-electron chi connectivity index (χ0n) is 13.4. The van der Waals surface area contributed by atoms with E-state index in [0.29, 0.717) is 24.5 Å². The first-order chi connectivity index (χ1) is 12.1. The summed E-state index contributed by atoms with van der Waals surface area (Å²) >= 11 is 0. The average Bonchev–Trinajstić information content (AvgIpc) is 3.18. The van der Waals surface area contributed by atoms with Crippen LogP contribution in [-0.4, -0.2) is 29.2 Å². The number of aromatic nitrogens is 2. The van der Waals surface area contributed by atoms with E-state index in [9.17, 15) is 9.59 Å². The van der Waals surface area contributed by atoms with Crippen LogP contribution >= 0.6 is 0 Å². The molecule has 0 fully saturated rings. The Labute approximate surface area is 141 Å². The first-order valence-corrected chi connectivity index (χ1v) is 7.77. The van der Waals surface area contributed by atoms with Crippen molar-refractivity contribution in [2.75, 3.05) is 13.3 Å². The van der Waals surface area contributed by atoms with Crippen molar-refractivity contribution in [2.45, 2.75) is 13.3 Å². The summed E-state index contributed by atoms with van der Waals surface area (Å²) in [5, 5.41) is 2.98. The van der Waals surface area contributed by atoms with Crippen molar-refractivity contribution in [2.24, 2.45) is 0 Å². The van der Waals surface area contributed by atoms with Gasteiger partial charge in [0, 0.05) is 6.54 Å². The summed E-state index contributed by atoms with van der Waals surface area (Å²) in [6.07, 6.45) is 1.86. The third-order valence-corrected chi connectivity index (χ3v) is 4.03. The molecule has 0 aliphatic carbocycles. The van der Waals surface area contributed by atoms with Crippen LogP contribution in [0.5, 0.6) is 11.5 Å². The van der Waals surface area contributed by atoms with Crippen molar-refractivity contribution < 1.29 is 18.7 Å². The Hall–Kier alpha value is -3.29. The molecule has 3 aromatic rings. The average molecular weight is 341 g/mol. The Morgan fingerprint density at radius 2 is 2.16 bits per heavy atom. The fourth-order valence-electron chi connectivity index (χ4n) is 2.83. The molecule has 1 aromatic carbocycles. The molecule has 0 unspecified atom stereocenters. The topological polar surface area (TPSA) is 106 Å². The van der Waals surface area contributed by atoms with Crippen LogP contribution in [0.15, 0.2) is 33.7 Å². The number of furan rings is 1. The van der Waals surface area contributed by atoms with E-state index in [1.165, 1.54) is 6.33 Å². The highest BCUT2D eigenvalue weighted by Gasteiger charge is 2.21. The number of hydrogen-bond acceptors (Lipinski definition) is 6. The standard InChI is InChI=1S/C17H15N3O5/c1-9-13(14-16(22)19-7-20-17(14)25-9)15(21)18-5-4-10-2-3-11-12(6-10)24-8-23-11/h2-3,6-7H,4-5,8H2,1H3,(H,18,21)(H,19,20,22). The Morgan fingerprint density at radius 3 is 3.04 bits per heavy atom. The van der Waals surface area contributed by atoms with Gasteiger partial charge in [0.2, 0.25) is 12.5 Å². The molecule has 8 heteroatoms. The Balaban J connectivity index is 1.48. The minimum Gasteiger partial charge on any atom is -0.454 e. The number of amides is 1. The van der Waals surface area contributed by atoms with Crippen LogP contribution in [0, 0.1) is 6.92 Å². The lowest BCUT2D eigenvalue weighted by molar-refractivity contribution is 0.0954. The van der Waals surface area contributed by atoms with Gasteiger partial charge in [0.25, 0.3) is 11.5 Å². The molecule has 0 saturated carbocycles. The Kier molecular flexibility index (Phi) is 3.64. The monoisotopic (exact) mass is 341 g/mol. The Morgan fingerprint density at radius 1 is 1.32 bits per heavy atom. The second kappa shape index (κ2) is 5.97. The molecular weight excluding hydrogens is 326 g/mol. The highest BCUT2D eigenvalue weighted by Crippen LogP contribution is 2.32. The number of rotatable bonds is 4. The summed E-state index contributed by atoms with van der Waals surface area (Å²) in [5.41, 5.74) is 0.984. The zero-order valence-corrected chi connectivity index (χ0v) is 13.4. The molecule has 2 N–H and O–H groups in total. The minimum atomic E-state index is -0.400. The predicted octanol–water partition coefficient (Wildman–Crippen LogP) is 1.53. The first-order valence-electron chi connectivity index (χ1n) is 7.77. The maximum absolute atomic E-state index is 12.5. The number of nitrogens with one attached hydrogen (secondary N) is 2. The number of ether oxygens (including phenoxy) is 2. The molecule has 0 spiro atoms. The summed E-state index contributed by atoms with van der Waals surface area (Å²) in [5.74, 6) is 1.42. The number of H-pyrrole nitrogens is 1. The van der Waals surface area contributed by atoms with Crippen LogP contribution in [0.1, 0.15) is 21.7 Å². The lowest BCUT2D eigenvalue weighted by Crippen LogP contribution is -2.27. The number of aryl methyl sites for hydroxylation is 1. The summed E-state index contributed by atoms with van der Waals surface area (Å²) < 4.78 is 16.0. The van der Waals surface area contributed by atoms with Gasteiger partial charge >= 0.3 is 0 Å². The van der Waals surface area contributed by atoms with E-state index >= 15 is 0 Å². The SMILES string of the molecule is Cc1oc2nc[nH]c(=O)c2c1C(=O)NCCc1ccc2c(c1)OCO2. The highest BCUT2D eigenvalue weighted by atomic mass is 16.7. The lowest BCUT2D eigenvalue weighted by atomic mass is 10.1. The van der Waals surface area contributed by atoms with Crippen molar-refractivity contribution in [3.05, 3.63) is 51.8 Å². The van der Waals surface area contributed by atoms with Gasteiger partial charge in [-0.1, -0.05) is 6.07 Å². The highest BCUT2D eigenvalue weighted by molar-refractivity contribution is 6.06. The number of hydrogen-bond donors (Lipinski definition) is 2. The molecule has 8 nitrogen and oxygen atoms in total. The van der Waals surface area contributed by atoms with Crippen molar-refractivity contribution >= 4 is 17.0 Å². The van der Waals surface area contributed by atoms with E-state index in [2.05, 4.69) is 15.3 Å². The summed E-state index contributed by atoms with van der Waals surface area (Å²) in [4.78, 5) is 30.8. The lowest BCUT2D eigenvalue weighted by Gasteiger charge is -2.06. The van der Waals surface area contributed by atoms with E-state index in [-0.39, 0.29) is 29.4 Å². The molecule has 1 aliphatic heterocycles. The number of carbonyl (C=O) groups is 1. The van der Waals surface area contributed by atoms with E-state index in [1.807, 2.05) is 18.2 Å². The molecule has 0 radical (unpaired) electrons. The van der Waals surface area contributed by atoms with E-state index in [1.54, 1.807) is 6.92 Å². The number of nitrogens with zero attached hydrogens (tertiary/aromatic N) is 1. The Bertz CT molecular complexity index is 1020. The number of aromatic amines is 1. The van der Waals surface area contributed by atoms with Gasteiger partial charge in [0.05, 0.1) is 11.9 Å². The number of carbonyl (C=O) groups excluding carboxylic acids is 1. The molecule has 1 aliphatic rings. The van der Waals surface area contributed by atoms with Crippen LogP contribution in [0.3, 0.4) is 0 Å². The summed E-state index contributed by atoms with van der Waals surface area (Å²) in [6, 6.07) is 5.66. The minimum absolute atomic E-state index is 0.155. The van der Waals surface area contributed by atoms with E-state index < -0.39 is 5.56 Å². The molecule has 0 atom stereocenters. The molecule has 2 aromatic heterocycles. The quantitative estimate of drug-likeness (QED) is 0.745. The van der Waals surface area contributed by atoms with Gasteiger partial charge in [-0.3, -0.25) is 9.59 Å². The van der Waals surface area contributed by atoms with Crippen LogP contribution in [0.2, 0.25) is 0 Å². The van der Waals surface area contributed by atoms with E-state index in [4.69, 9.17) is 13.9 Å². The molecule has 128 valence electrons. The second-order valence-electron chi connectivity index (χ2n) is 5.64. The molecule has 0 bridgehead atoms. The molecule has 3 heterocycles. The van der Waals surface area contributed by atoms with Crippen molar-refractivity contribution in [1.29, 1.82) is 0 Å². The normalized spacial score (nSPS) is 12.5. The van der Waals surface area contributed by atoms with Gasteiger partial charge in [-0.05, 0) is 31.0 Å². The number of benzene rings is 1. The van der Waals surface area contributed by atoms with Gasteiger partial charge in [-0.25, -0.2) is 4.98 Å². The maximum atomic E-state index is 12.5. The molecule has 25 heavy (non-hydrogen) atoms. The van der Waals surface area contributed by atoms with Gasteiger partial charge in [-0.15, -0.1) is 0 Å². The molecule has 1 amide bonds.